The van der Waals surface area contributed by atoms with Crippen LogP contribution in [-0.2, 0) is 9.47 Å². The van der Waals surface area contributed by atoms with Gasteiger partial charge in [0.1, 0.15) is 0 Å². The third-order valence-corrected chi connectivity index (χ3v) is 4.13. The molecule has 136 valence electrons. The van der Waals surface area contributed by atoms with Gasteiger partial charge < -0.3 is 20.1 Å². The molecule has 0 saturated carbocycles. The SMILES string of the molecule is CCNC(=NCCCN1CCOCC1)NCCC1CCCO1.I. The van der Waals surface area contributed by atoms with E-state index in [-0.39, 0.29) is 24.0 Å². The zero-order valence-corrected chi connectivity index (χ0v) is 16.7. The lowest BCUT2D eigenvalue weighted by molar-refractivity contribution is 0.0377. The van der Waals surface area contributed by atoms with E-state index >= 15 is 0 Å². The van der Waals surface area contributed by atoms with E-state index < -0.39 is 0 Å². The van der Waals surface area contributed by atoms with Gasteiger partial charge in [-0.05, 0) is 32.6 Å². The van der Waals surface area contributed by atoms with Crippen molar-refractivity contribution in [2.75, 3.05) is 59.1 Å². The van der Waals surface area contributed by atoms with E-state index in [2.05, 4.69) is 27.4 Å². The highest BCUT2D eigenvalue weighted by atomic mass is 127. The molecule has 0 aromatic rings. The molecule has 0 bridgehead atoms. The number of guanidine groups is 1. The molecule has 2 N–H and O–H groups in total. The average Bonchev–Trinajstić information content (AvgIpc) is 3.06. The molecule has 0 radical (unpaired) electrons. The van der Waals surface area contributed by atoms with E-state index in [9.17, 15) is 0 Å². The van der Waals surface area contributed by atoms with Crippen LogP contribution in [0.5, 0.6) is 0 Å². The maximum atomic E-state index is 5.64. The summed E-state index contributed by atoms with van der Waals surface area (Å²) in [5, 5.41) is 6.72. The van der Waals surface area contributed by atoms with Crippen molar-refractivity contribution in [1.29, 1.82) is 0 Å². The van der Waals surface area contributed by atoms with Gasteiger partial charge in [-0.15, -0.1) is 24.0 Å². The van der Waals surface area contributed by atoms with Crippen LogP contribution in [0.1, 0.15) is 32.6 Å². The minimum atomic E-state index is 0. The van der Waals surface area contributed by atoms with Gasteiger partial charge in [0.25, 0.3) is 0 Å². The molecule has 6 nitrogen and oxygen atoms in total. The van der Waals surface area contributed by atoms with Gasteiger partial charge in [-0.25, -0.2) is 0 Å². The van der Waals surface area contributed by atoms with E-state index in [4.69, 9.17) is 9.47 Å². The molecule has 0 aromatic carbocycles. The zero-order valence-electron chi connectivity index (χ0n) is 14.4. The van der Waals surface area contributed by atoms with Crippen molar-refractivity contribution in [3.05, 3.63) is 0 Å². The van der Waals surface area contributed by atoms with E-state index in [0.717, 1.165) is 77.9 Å². The molecule has 0 aromatic heterocycles. The van der Waals surface area contributed by atoms with Crippen molar-refractivity contribution in [3.63, 3.8) is 0 Å². The Hall–Kier alpha value is -0.120. The molecule has 2 aliphatic rings. The van der Waals surface area contributed by atoms with Crippen LogP contribution in [0.4, 0.5) is 0 Å². The van der Waals surface area contributed by atoms with Crippen LogP contribution in [0.15, 0.2) is 4.99 Å². The van der Waals surface area contributed by atoms with E-state index in [0.29, 0.717) is 6.10 Å². The normalized spacial score (nSPS) is 22.7. The lowest BCUT2D eigenvalue weighted by atomic mass is 10.2. The summed E-state index contributed by atoms with van der Waals surface area (Å²) >= 11 is 0. The summed E-state index contributed by atoms with van der Waals surface area (Å²) in [7, 11) is 0. The number of morpholine rings is 1. The van der Waals surface area contributed by atoms with E-state index in [1.54, 1.807) is 0 Å². The Kier molecular flexibility index (Phi) is 12.0. The van der Waals surface area contributed by atoms with Crippen LogP contribution < -0.4 is 10.6 Å². The first-order valence-corrected chi connectivity index (χ1v) is 8.82. The molecule has 0 amide bonds. The topological polar surface area (TPSA) is 58.1 Å². The van der Waals surface area contributed by atoms with Crippen molar-refractivity contribution in [2.45, 2.75) is 38.7 Å². The first kappa shape index (κ1) is 20.9. The summed E-state index contributed by atoms with van der Waals surface area (Å²) in [6, 6.07) is 0. The smallest absolute Gasteiger partial charge is 0.191 e. The number of ether oxygens (including phenoxy) is 2. The van der Waals surface area contributed by atoms with Crippen molar-refractivity contribution in [3.8, 4) is 0 Å². The van der Waals surface area contributed by atoms with Crippen LogP contribution in [0.3, 0.4) is 0 Å². The second-order valence-electron chi connectivity index (χ2n) is 5.92. The monoisotopic (exact) mass is 440 g/mol. The number of nitrogens with one attached hydrogen (secondary N) is 2. The van der Waals surface area contributed by atoms with Crippen molar-refractivity contribution >= 4 is 29.9 Å². The maximum Gasteiger partial charge on any atom is 0.191 e. The summed E-state index contributed by atoms with van der Waals surface area (Å²) < 4.78 is 11.0. The fourth-order valence-electron chi connectivity index (χ4n) is 2.88. The summed E-state index contributed by atoms with van der Waals surface area (Å²) in [5.74, 6) is 0.933. The largest absolute Gasteiger partial charge is 0.379 e. The number of nitrogens with zero attached hydrogens (tertiary/aromatic N) is 2. The third kappa shape index (κ3) is 9.07. The number of hydrogen-bond acceptors (Lipinski definition) is 4. The van der Waals surface area contributed by atoms with Crippen LogP contribution in [0.25, 0.3) is 0 Å². The fraction of sp³-hybridized carbons (Fsp3) is 0.938. The van der Waals surface area contributed by atoms with Gasteiger partial charge in [0.05, 0.1) is 19.3 Å². The van der Waals surface area contributed by atoms with Gasteiger partial charge in [0.15, 0.2) is 5.96 Å². The van der Waals surface area contributed by atoms with Crippen LogP contribution in [0.2, 0.25) is 0 Å². The predicted molar refractivity (Wildman–Crippen MR) is 105 cm³/mol. The van der Waals surface area contributed by atoms with Crippen molar-refractivity contribution in [2.24, 2.45) is 4.99 Å². The highest BCUT2D eigenvalue weighted by Gasteiger charge is 2.14. The minimum absolute atomic E-state index is 0. The number of rotatable bonds is 8. The minimum Gasteiger partial charge on any atom is -0.379 e. The molecule has 2 rings (SSSR count). The summed E-state index contributed by atoms with van der Waals surface area (Å²) in [6.07, 6.45) is 5.02. The average molecular weight is 440 g/mol. The molecular weight excluding hydrogens is 407 g/mol. The van der Waals surface area contributed by atoms with Gasteiger partial charge >= 0.3 is 0 Å². The fourth-order valence-corrected chi connectivity index (χ4v) is 2.88. The van der Waals surface area contributed by atoms with Gasteiger partial charge in [-0.3, -0.25) is 9.89 Å². The van der Waals surface area contributed by atoms with Crippen LogP contribution in [0, 0.1) is 0 Å². The Balaban J connectivity index is 0.00000264. The Bertz CT molecular complexity index is 319. The molecule has 1 unspecified atom stereocenters. The second-order valence-corrected chi connectivity index (χ2v) is 5.92. The Morgan fingerprint density at radius 1 is 1.22 bits per heavy atom. The first-order valence-electron chi connectivity index (χ1n) is 8.82. The third-order valence-electron chi connectivity index (χ3n) is 4.13. The first-order chi connectivity index (χ1) is 10.9. The molecule has 0 aliphatic carbocycles. The zero-order chi connectivity index (χ0) is 15.5. The molecule has 0 spiro atoms. The number of hydrogen-bond donors (Lipinski definition) is 2. The molecule has 2 heterocycles. The van der Waals surface area contributed by atoms with Crippen LogP contribution in [-0.4, -0.2) is 76.1 Å². The highest BCUT2D eigenvalue weighted by Crippen LogP contribution is 2.14. The van der Waals surface area contributed by atoms with Gasteiger partial charge in [-0.2, -0.15) is 0 Å². The number of aliphatic imine (C=N–C) groups is 1. The molecular formula is C16H33IN4O2. The van der Waals surface area contributed by atoms with Gasteiger partial charge in [0, 0.05) is 45.9 Å². The quantitative estimate of drug-likeness (QED) is 0.259. The van der Waals surface area contributed by atoms with E-state index in [1.165, 1.54) is 12.8 Å². The highest BCUT2D eigenvalue weighted by molar-refractivity contribution is 14.0. The number of halogens is 1. The van der Waals surface area contributed by atoms with E-state index in [1.807, 2.05) is 0 Å². The second kappa shape index (κ2) is 13.2. The molecule has 1 atom stereocenters. The van der Waals surface area contributed by atoms with Crippen LogP contribution >= 0.6 is 24.0 Å². The Morgan fingerprint density at radius 3 is 2.74 bits per heavy atom. The van der Waals surface area contributed by atoms with Gasteiger partial charge in [0.2, 0.25) is 0 Å². The summed E-state index contributed by atoms with van der Waals surface area (Å²) in [5.41, 5.74) is 0. The van der Waals surface area contributed by atoms with Gasteiger partial charge in [-0.1, -0.05) is 0 Å². The Labute approximate surface area is 157 Å². The lowest BCUT2D eigenvalue weighted by Gasteiger charge is -2.26. The summed E-state index contributed by atoms with van der Waals surface area (Å²) in [6.45, 7) is 10.7. The Morgan fingerprint density at radius 2 is 2.04 bits per heavy atom. The predicted octanol–water partition coefficient (Wildman–Crippen LogP) is 1.45. The van der Waals surface area contributed by atoms with Crippen molar-refractivity contribution < 1.29 is 9.47 Å². The maximum absolute atomic E-state index is 5.64. The lowest BCUT2D eigenvalue weighted by Crippen LogP contribution is -2.39. The summed E-state index contributed by atoms with van der Waals surface area (Å²) in [4.78, 5) is 7.11. The molecule has 2 fully saturated rings. The molecule has 2 saturated heterocycles. The molecule has 23 heavy (non-hydrogen) atoms. The van der Waals surface area contributed by atoms with Crippen molar-refractivity contribution in [1.82, 2.24) is 15.5 Å². The molecule has 2 aliphatic heterocycles. The standard InChI is InChI=1S/C16H32N4O2.HI/c1-2-17-16(19-8-6-15-5-3-12-22-15)18-7-4-9-20-10-13-21-14-11-20;/h15H,2-14H2,1H3,(H2,17,18,19);1H. The molecule has 7 heteroatoms.